The fourth-order valence-corrected chi connectivity index (χ4v) is 4.04. The SMILES string of the molecule is Cc1cnc2c(C(=O)N3CCc4c(nn(C)c4-c4cc(F)c(F)c(F)c4)C3)ncn2c1. The quantitative estimate of drug-likeness (QED) is 0.462. The van der Waals surface area contributed by atoms with Gasteiger partial charge in [-0.2, -0.15) is 5.10 Å². The third-order valence-corrected chi connectivity index (χ3v) is 5.45. The van der Waals surface area contributed by atoms with Crippen molar-refractivity contribution in [2.75, 3.05) is 6.54 Å². The Kier molecular flexibility index (Phi) is 4.31. The molecule has 158 valence electrons. The lowest BCUT2D eigenvalue weighted by atomic mass is 9.99. The number of rotatable bonds is 2. The first-order valence-electron chi connectivity index (χ1n) is 9.61. The zero-order valence-corrected chi connectivity index (χ0v) is 16.7. The van der Waals surface area contributed by atoms with Gasteiger partial charge >= 0.3 is 0 Å². The van der Waals surface area contributed by atoms with Gasteiger partial charge in [-0.15, -0.1) is 0 Å². The van der Waals surface area contributed by atoms with E-state index >= 15 is 0 Å². The fourth-order valence-electron chi connectivity index (χ4n) is 4.04. The van der Waals surface area contributed by atoms with Crippen molar-refractivity contribution in [2.45, 2.75) is 19.9 Å². The average Bonchev–Trinajstić information content (AvgIpc) is 3.30. The molecule has 1 amide bonds. The number of carbonyl (C=O) groups excluding carboxylic acids is 1. The molecule has 1 aliphatic heterocycles. The third kappa shape index (κ3) is 3.06. The van der Waals surface area contributed by atoms with Crippen molar-refractivity contribution in [3.05, 3.63) is 70.8 Å². The average molecular weight is 426 g/mol. The summed E-state index contributed by atoms with van der Waals surface area (Å²) in [6, 6.07) is 1.91. The molecule has 0 bridgehead atoms. The first-order chi connectivity index (χ1) is 14.8. The Balaban J connectivity index is 1.48. The summed E-state index contributed by atoms with van der Waals surface area (Å²) < 4.78 is 44.1. The molecule has 0 N–H and O–H groups in total. The zero-order chi connectivity index (χ0) is 21.9. The summed E-state index contributed by atoms with van der Waals surface area (Å²) in [6.07, 6.45) is 5.50. The van der Waals surface area contributed by atoms with E-state index in [9.17, 15) is 18.0 Å². The Morgan fingerprint density at radius 2 is 1.87 bits per heavy atom. The highest BCUT2D eigenvalue weighted by Crippen LogP contribution is 2.32. The standard InChI is InChI=1S/C21H17F3N6O/c1-11-7-25-20-18(26-10-30(20)8-11)21(31)29-4-3-13-16(9-29)27-28(2)19(13)12-5-14(22)17(24)15(23)6-12/h5-8,10H,3-4,9H2,1-2H3. The lowest BCUT2D eigenvalue weighted by Crippen LogP contribution is -2.36. The van der Waals surface area contributed by atoms with Crippen LogP contribution in [0.15, 0.2) is 30.9 Å². The summed E-state index contributed by atoms with van der Waals surface area (Å²) in [5.41, 5.74) is 3.77. The van der Waals surface area contributed by atoms with Crippen LogP contribution in [-0.2, 0) is 20.0 Å². The molecule has 4 aromatic rings. The second-order valence-electron chi connectivity index (χ2n) is 7.58. The molecule has 0 fully saturated rings. The van der Waals surface area contributed by atoms with Gasteiger partial charge in [-0.1, -0.05) is 0 Å². The minimum absolute atomic E-state index is 0.201. The van der Waals surface area contributed by atoms with Crippen LogP contribution in [-0.4, -0.2) is 41.5 Å². The van der Waals surface area contributed by atoms with Crippen LogP contribution in [0.1, 0.15) is 27.3 Å². The smallest absolute Gasteiger partial charge is 0.276 e. The summed E-state index contributed by atoms with van der Waals surface area (Å²) in [5, 5.41) is 4.44. The van der Waals surface area contributed by atoms with Gasteiger partial charge in [0.15, 0.2) is 28.8 Å². The molecular weight excluding hydrogens is 409 g/mol. The number of aromatic nitrogens is 5. The maximum Gasteiger partial charge on any atom is 0.276 e. The van der Waals surface area contributed by atoms with E-state index in [0.717, 1.165) is 23.3 Å². The molecule has 0 atom stereocenters. The highest BCUT2D eigenvalue weighted by molar-refractivity contribution is 5.98. The number of amides is 1. The monoisotopic (exact) mass is 426 g/mol. The summed E-state index contributed by atoms with van der Waals surface area (Å²) in [7, 11) is 1.65. The lowest BCUT2D eigenvalue weighted by molar-refractivity contribution is 0.0729. The molecule has 0 aliphatic carbocycles. The third-order valence-electron chi connectivity index (χ3n) is 5.45. The van der Waals surface area contributed by atoms with Crippen LogP contribution in [0.2, 0.25) is 0 Å². The van der Waals surface area contributed by atoms with E-state index in [1.54, 1.807) is 28.9 Å². The van der Waals surface area contributed by atoms with E-state index in [-0.39, 0.29) is 23.7 Å². The van der Waals surface area contributed by atoms with Gasteiger partial charge in [-0.05, 0) is 31.0 Å². The Labute approximate surface area is 174 Å². The fraction of sp³-hybridized carbons (Fsp3) is 0.238. The summed E-state index contributed by atoms with van der Waals surface area (Å²) in [6.45, 7) is 2.50. The molecule has 0 spiro atoms. The van der Waals surface area contributed by atoms with E-state index in [1.165, 1.54) is 4.68 Å². The molecule has 0 saturated carbocycles. The predicted octanol–water partition coefficient (Wildman–Crippen LogP) is 3.05. The molecule has 7 nitrogen and oxygen atoms in total. The van der Waals surface area contributed by atoms with Gasteiger partial charge in [0.25, 0.3) is 5.91 Å². The zero-order valence-electron chi connectivity index (χ0n) is 16.7. The largest absolute Gasteiger partial charge is 0.331 e. The molecular formula is C21H17F3N6O. The molecule has 0 radical (unpaired) electrons. The number of hydrogen-bond acceptors (Lipinski definition) is 4. The molecule has 0 unspecified atom stereocenters. The van der Waals surface area contributed by atoms with Gasteiger partial charge in [0.05, 0.1) is 17.9 Å². The van der Waals surface area contributed by atoms with E-state index < -0.39 is 17.5 Å². The number of nitrogens with zero attached hydrogens (tertiary/aromatic N) is 6. The number of benzene rings is 1. The van der Waals surface area contributed by atoms with Crippen molar-refractivity contribution in [3.63, 3.8) is 0 Å². The number of carbonyl (C=O) groups is 1. The van der Waals surface area contributed by atoms with Crippen molar-refractivity contribution in [3.8, 4) is 11.3 Å². The Bertz CT molecular complexity index is 1340. The van der Waals surface area contributed by atoms with Gasteiger partial charge in [0, 0.05) is 37.1 Å². The van der Waals surface area contributed by atoms with Crippen LogP contribution in [0.3, 0.4) is 0 Å². The van der Waals surface area contributed by atoms with E-state index in [1.807, 2.05) is 13.1 Å². The van der Waals surface area contributed by atoms with Gasteiger partial charge in [-0.3, -0.25) is 13.9 Å². The molecule has 1 aliphatic rings. The number of halogens is 3. The molecule has 0 saturated heterocycles. The first kappa shape index (κ1) is 19.3. The van der Waals surface area contributed by atoms with Crippen LogP contribution in [0.5, 0.6) is 0 Å². The second-order valence-corrected chi connectivity index (χ2v) is 7.58. The van der Waals surface area contributed by atoms with Gasteiger partial charge in [0.1, 0.15) is 6.33 Å². The Hall–Kier alpha value is -3.69. The molecule has 4 heterocycles. The summed E-state index contributed by atoms with van der Waals surface area (Å²) >= 11 is 0. The minimum Gasteiger partial charge on any atom is -0.331 e. The number of imidazole rings is 1. The van der Waals surface area contributed by atoms with Gasteiger partial charge in [-0.25, -0.2) is 23.1 Å². The van der Waals surface area contributed by atoms with Crippen molar-refractivity contribution >= 4 is 11.6 Å². The van der Waals surface area contributed by atoms with Crippen LogP contribution in [0, 0.1) is 24.4 Å². The van der Waals surface area contributed by atoms with Crippen LogP contribution in [0.4, 0.5) is 13.2 Å². The van der Waals surface area contributed by atoms with Gasteiger partial charge in [0.2, 0.25) is 0 Å². The van der Waals surface area contributed by atoms with E-state index in [0.29, 0.717) is 30.0 Å². The Morgan fingerprint density at radius 3 is 2.61 bits per heavy atom. The number of fused-ring (bicyclic) bond motifs is 2. The van der Waals surface area contributed by atoms with Crippen molar-refractivity contribution < 1.29 is 18.0 Å². The topological polar surface area (TPSA) is 68.3 Å². The first-order valence-corrected chi connectivity index (χ1v) is 9.61. The van der Waals surface area contributed by atoms with Gasteiger partial charge < -0.3 is 4.90 Å². The molecule has 10 heteroatoms. The highest BCUT2D eigenvalue weighted by atomic mass is 19.2. The van der Waals surface area contributed by atoms with E-state index in [2.05, 4.69) is 15.1 Å². The van der Waals surface area contributed by atoms with Crippen molar-refractivity contribution in [1.29, 1.82) is 0 Å². The summed E-state index contributed by atoms with van der Waals surface area (Å²) in [4.78, 5) is 23.3. The lowest BCUT2D eigenvalue weighted by Gasteiger charge is -2.26. The summed E-state index contributed by atoms with van der Waals surface area (Å²) in [5.74, 6) is -4.29. The maximum absolute atomic E-state index is 13.8. The normalized spacial score (nSPS) is 13.6. The highest BCUT2D eigenvalue weighted by Gasteiger charge is 2.30. The van der Waals surface area contributed by atoms with E-state index in [4.69, 9.17) is 0 Å². The van der Waals surface area contributed by atoms with Crippen molar-refractivity contribution in [1.82, 2.24) is 29.0 Å². The van der Waals surface area contributed by atoms with Crippen LogP contribution < -0.4 is 0 Å². The molecule has 31 heavy (non-hydrogen) atoms. The number of aryl methyl sites for hydroxylation is 2. The van der Waals surface area contributed by atoms with Crippen LogP contribution in [0.25, 0.3) is 16.9 Å². The number of hydrogen-bond donors (Lipinski definition) is 0. The molecule has 1 aromatic carbocycles. The minimum atomic E-state index is -1.51. The molecule has 5 rings (SSSR count). The predicted molar refractivity (Wildman–Crippen MR) is 105 cm³/mol. The van der Waals surface area contributed by atoms with Crippen LogP contribution >= 0.6 is 0 Å². The second kappa shape index (κ2) is 6.93. The van der Waals surface area contributed by atoms with Crippen molar-refractivity contribution in [2.24, 2.45) is 7.05 Å². The maximum atomic E-state index is 13.8. The Morgan fingerprint density at radius 1 is 1.13 bits per heavy atom. The molecule has 3 aromatic heterocycles.